The van der Waals surface area contributed by atoms with Gasteiger partial charge in [0.05, 0.1) is 6.61 Å². The van der Waals surface area contributed by atoms with Crippen LogP contribution in [0.15, 0.2) is 54.9 Å². The quantitative estimate of drug-likeness (QED) is 0.694. The van der Waals surface area contributed by atoms with Crippen LogP contribution in [0.2, 0.25) is 0 Å². The summed E-state index contributed by atoms with van der Waals surface area (Å²) in [6.45, 7) is 3.30. The number of carbonyl (C=O) groups excluding carboxylic acids is 1. The second-order valence-corrected chi connectivity index (χ2v) is 4.54. The van der Waals surface area contributed by atoms with E-state index in [4.69, 9.17) is 0 Å². The number of ether oxygens (including phenoxy) is 1. The Morgan fingerprint density at radius 2 is 2.14 bits per heavy atom. The maximum absolute atomic E-state index is 13.1. The molecule has 2 heterocycles. The molecule has 0 unspecified atom stereocenters. The van der Waals surface area contributed by atoms with E-state index in [0.29, 0.717) is 19.6 Å². The smallest absolute Gasteiger partial charge is 0.293 e. The highest BCUT2D eigenvalue weighted by atomic mass is 19.1. The highest BCUT2D eigenvalue weighted by molar-refractivity contribution is 5.75. The van der Waals surface area contributed by atoms with Crippen LogP contribution in [0.4, 0.5) is 4.39 Å². The predicted molar refractivity (Wildman–Crippen MR) is 82.9 cm³/mol. The molecule has 3 aromatic rings. The number of halogens is 1. The molecule has 0 aliphatic carbocycles. The minimum absolute atomic E-state index is 0.202. The van der Waals surface area contributed by atoms with E-state index in [1.807, 2.05) is 35.0 Å². The van der Waals surface area contributed by atoms with Gasteiger partial charge in [0.25, 0.3) is 6.47 Å². The topological polar surface area (TPSA) is 44.1 Å². The van der Waals surface area contributed by atoms with Gasteiger partial charge < -0.3 is 9.30 Å². The molecule has 0 N–H and O–H groups in total. The van der Waals surface area contributed by atoms with Gasteiger partial charge in [-0.2, -0.15) is 0 Å². The van der Waals surface area contributed by atoms with Crippen LogP contribution in [-0.4, -0.2) is 22.6 Å². The first-order valence-corrected chi connectivity index (χ1v) is 6.94. The maximum atomic E-state index is 13.1. The molecule has 5 heteroatoms. The van der Waals surface area contributed by atoms with Crippen LogP contribution in [-0.2, 0) is 16.1 Å². The van der Waals surface area contributed by atoms with Crippen molar-refractivity contribution in [1.82, 2.24) is 9.55 Å². The molecule has 0 bridgehead atoms. The van der Waals surface area contributed by atoms with Crippen molar-refractivity contribution < 1.29 is 13.9 Å². The van der Waals surface area contributed by atoms with Crippen molar-refractivity contribution in [1.29, 1.82) is 0 Å². The SMILES string of the molecule is CCOC=O.Fc1cccc(Cn2ccc3cccnc32)c1. The standard InChI is InChI=1S/C14H11FN2.C3H6O2/c15-13-5-1-3-11(9-13)10-17-8-6-12-4-2-7-16-14(12)17;1-2-5-3-4/h1-9H,10H2;3H,2H2,1H3. The molecule has 3 rings (SSSR count). The molecule has 0 amide bonds. The molecule has 0 spiro atoms. The lowest BCUT2D eigenvalue weighted by Gasteiger charge is -2.04. The van der Waals surface area contributed by atoms with Gasteiger partial charge in [-0.05, 0) is 42.8 Å². The van der Waals surface area contributed by atoms with E-state index in [0.717, 1.165) is 16.6 Å². The molecule has 0 fully saturated rings. The molecular weight excluding hydrogens is 283 g/mol. The van der Waals surface area contributed by atoms with E-state index in [1.54, 1.807) is 25.3 Å². The van der Waals surface area contributed by atoms with E-state index in [1.165, 1.54) is 6.07 Å². The van der Waals surface area contributed by atoms with Gasteiger partial charge in [0.2, 0.25) is 0 Å². The summed E-state index contributed by atoms with van der Waals surface area (Å²) in [6, 6.07) is 12.6. The summed E-state index contributed by atoms with van der Waals surface area (Å²) in [5.74, 6) is -0.202. The fraction of sp³-hybridized carbons (Fsp3) is 0.176. The fourth-order valence-corrected chi connectivity index (χ4v) is 2.05. The molecule has 0 radical (unpaired) electrons. The molecular formula is C17H17FN2O2. The molecule has 0 saturated carbocycles. The van der Waals surface area contributed by atoms with Gasteiger partial charge in [0, 0.05) is 24.3 Å². The average molecular weight is 300 g/mol. The highest BCUT2D eigenvalue weighted by Gasteiger charge is 2.02. The van der Waals surface area contributed by atoms with E-state index in [9.17, 15) is 9.18 Å². The molecule has 1 aromatic carbocycles. The lowest BCUT2D eigenvalue weighted by Crippen LogP contribution is -1.99. The number of hydrogen-bond donors (Lipinski definition) is 0. The maximum Gasteiger partial charge on any atom is 0.293 e. The third-order valence-electron chi connectivity index (χ3n) is 3.00. The third-order valence-corrected chi connectivity index (χ3v) is 3.00. The Kier molecular flexibility index (Phi) is 5.65. The number of pyridine rings is 1. The van der Waals surface area contributed by atoms with Gasteiger partial charge in [0.1, 0.15) is 11.5 Å². The number of benzene rings is 1. The minimum Gasteiger partial charge on any atom is -0.468 e. The normalized spacial score (nSPS) is 9.91. The lowest BCUT2D eigenvalue weighted by atomic mass is 10.2. The zero-order valence-corrected chi connectivity index (χ0v) is 12.3. The number of aromatic nitrogens is 2. The van der Waals surface area contributed by atoms with Gasteiger partial charge >= 0.3 is 0 Å². The summed E-state index contributed by atoms with van der Waals surface area (Å²) < 4.78 is 19.3. The summed E-state index contributed by atoms with van der Waals surface area (Å²) in [7, 11) is 0. The Balaban J connectivity index is 0.000000309. The van der Waals surface area contributed by atoms with Gasteiger partial charge in [-0.25, -0.2) is 9.37 Å². The Hall–Kier alpha value is -2.69. The summed E-state index contributed by atoms with van der Waals surface area (Å²) in [5.41, 5.74) is 1.87. The van der Waals surface area contributed by atoms with E-state index in [2.05, 4.69) is 9.72 Å². The van der Waals surface area contributed by atoms with Crippen LogP contribution in [0.5, 0.6) is 0 Å². The van der Waals surface area contributed by atoms with Crippen molar-refractivity contribution in [3.05, 3.63) is 66.2 Å². The number of rotatable bonds is 4. The third kappa shape index (κ3) is 4.15. The van der Waals surface area contributed by atoms with E-state index in [-0.39, 0.29) is 5.82 Å². The van der Waals surface area contributed by atoms with Crippen LogP contribution in [0.3, 0.4) is 0 Å². The van der Waals surface area contributed by atoms with Gasteiger partial charge in [-0.15, -0.1) is 0 Å². The van der Waals surface area contributed by atoms with Crippen molar-refractivity contribution in [3.8, 4) is 0 Å². The van der Waals surface area contributed by atoms with Crippen LogP contribution in [0, 0.1) is 5.82 Å². The van der Waals surface area contributed by atoms with Gasteiger partial charge in [-0.1, -0.05) is 12.1 Å². The Morgan fingerprint density at radius 1 is 1.27 bits per heavy atom. The zero-order chi connectivity index (χ0) is 15.8. The number of fused-ring (bicyclic) bond motifs is 1. The Morgan fingerprint density at radius 3 is 2.82 bits per heavy atom. The molecule has 4 nitrogen and oxygen atoms in total. The van der Waals surface area contributed by atoms with Crippen molar-refractivity contribution in [3.63, 3.8) is 0 Å². The molecule has 0 atom stereocenters. The second kappa shape index (κ2) is 7.93. The highest BCUT2D eigenvalue weighted by Crippen LogP contribution is 2.14. The predicted octanol–water partition coefficient (Wildman–Crippen LogP) is 3.40. The Bertz CT molecular complexity index is 740. The first kappa shape index (κ1) is 15.7. The summed E-state index contributed by atoms with van der Waals surface area (Å²) in [4.78, 5) is 13.5. The number of nitrogens with zero attached hydrogens (tertiary/aromatic N) is 2. The summed E-state index contributed by atoms with van der Waals surface area (Å²) >= 11 is 0. The molecule has 22 heavy (non-hydrogen) atoms. The van der Waals surface area contributed by atoms with Gasteiger partial charge in [0.15, 0.2) is 0 Å². The fourth-order valence-electron chi connectivity index (χ4n) is 2.05. The van der Waals surface area contributed by atoms with Gasteiger partial charge in [-0.3, -0.25) is 4.79 Å². The largest absolute Gasteiger partial charge is 0.468 e. The van der Waals surface area contributed by atoms with E-state index >= 15 is 0 Å². The summed E-state index contributed by atoms with van der Waals surface area (Å²) in [6.07, 6.45) is 3.74. The van der Waals surface area contributed by atoms with Crippen molar-refractivity contribution in [2.75, 3.05) is 6.61 Å². The monoisotopic (exact) mass is 300 g/mol. The first-order chi connectivity index (χ1) is 10.7. The van der Waals surface area contributed by atoms with Crippen molar-refractivity contribution in [2.45, 2.75) is 13.5 Å². The lowest BCUT2D eigenvalue weighted by molar-refractivity contribution is -0.128. The molecule has 0 saturated heterocycles. The molecule has 0 aliphatic heterocycles. The van der Waals surface area contributed by atoms with Crippen LogP contribution < -0.4 is 0 Å². The number of hydrogen-bond acceptors (Lipinski definition) is 3. The van der Waals surface area contributed by atoms with E-state index < -0.39 is 0 Å². The Labute approximate surface area is 128 Å². The first-order valence-electron chi connectivity index (χ1n) is 6.94. The summed E-state index contributed by atoms with van der Waals surface area (Å²) in [5, 5.41) is 1.10. The molecule has 2 aromatic heterocycles. The zero-order valence-electron chi connectivity index (χ0n) is 12.3. The minimum atomic E-state index is -0.202. The number of carbonyl (C=O) groups is 1. The molecule has 0 aliphatic rings. The van der Waals surface area contributed by atoms with Crippen molar-refractivity contribution in [2.24, 2.45) is 0 Å². The second-order valence-electron chi connectivity index (χ2n) is 4.54. The molecule has 114 valence electrons. The van der Waals surface area contributed by atoms with Crippen LogP contribution in [0.1, 0.15) is 12.5 Å². The van der Waals surface area contributed by atoms with Crippen LogP contribution >= 0.6 is 0 Å². The van der Waals surface area contributed by atoms with Crippen molar-refractivity contribution >= 4 is 17.5 Å². The van der Waals surface area contributed by atoms with Crippen LogP contribution in [0.25, 0.3) is 11.0 Å². The average Bonchev–Trinajstić information content (AvgIpc) is 2.92.